The molecule has 1 N–H and O–H groups in total. The Kier molecular flexibility index (Phi) is 3.88. The maximum atomic E-state index is 12.0. The van der Waals surface area contributed by atoms with E-state index in [9.17, 15) is 14.9 Å². The first-order chi connectivity index (χ1) is 10.6. The third-order valence-corrected chi connectivity index (χ3v) is 3.98. The van der Waals surface area contributed by atoms with Gasteiger partial charge in [0.1, 0.15) is 0 Å². The molecule has 2 aromatic carbocycles. The van der Waals surface area contributed by atoms with Crippen molar-refractivity contribution >= 4 is 34.3 Å². The highest BCUT2D eigenvalue weighted by molar-refractivity contribution is 7.99. The maximum Gasteiger partial charge on any atom is 0.297 e. The number of para-hydroxylation sites is 1. The number of nitro benzene ring substituents is 1. The van der Waals surface area contributed by atoms with E-state index >= 15 is 0 Å². The number of hydrogen-bond acceptors (Lipinski definition) is 5. The molecule has 0 fully saturated rings. The molecule has 6 nitrogen and oxygen atoms in total. The molecule has 0 atom stereocenters. The van der Waals surface area contributed by atoms with E-state index in [0.29, 0.717) is 21.8 Å². The number of imidazole rings is 1. The van der Waals surface area contributed by atoms with Crippen LogP contribution < -0.4 is 0 Å². The van der Waals surface area contributed by atoms with Gasteiger partial charge in [0.25, 0.3) is 5.69 Å². The first kappa shape index (κ1) is 14.3. The summed E-state index contributed by atoms with van der Waals surface area (Å²) in [4.78, 5) is 29.7. The van der Waals surface area contributed by atoms with Crippen LogP contribution in [-0.4, -0.2) is 26.4 Å². The molecule has 0 aliphatic carbocycles. The second-order valence-corrected chi connectivity index (χ2v) is 5.51. The summed E-state index contributed by atoms with van der Waals surface area (Å²) in [6, 6.07) is 13.7. The third-order valence-electron chi connectivity index (χ3n) is 3.10. The topological polar surface area (TPSA) is 88.9 Å². The first-order valence-electron chi connectivity index (χ1n) is 6.49. The third kappa shape index (κ3) is 2.84. The summed E-state index contributed by atoms with van der Waals surface area (Å²) < 4.78 is 0. The Morgan fingerprint density at radius 1 is 1.18 bits per heavy atom. The summed E-state index contributed by atoms with van der Waals surface area (Å²) in [6.07, 6.45) is 0. The summed E-state index contributed by atoms with van der Waals surface area (Å²) in [7, 11) is 0. The molecule has 0 aliphatic rings. The van der Waals surface area contributed by atoms with Gasteiger partial charge in [-0.15, -0.1) is 0 Å². The Morgan fingerprint density at radius 2 is 1.95 bits per heavy atom. The molecule has 110 valence electrons. The fraction of sp³-hybridized carbons (Fsp3) is 0.0667. The van der Waals surface area contributed by atoms with Crippen molar-refractivity contribution in [2.24, 2.45) is 0 Å². The molecular weight excluding hydrogens is 302 g/mol. The molecule has 0 amide bonds. The average Bonchev–Trinajstić information content (AvgIpc) is 2.96. The second kappa shape index (κ2) is 5.98. The predicted octanol–water partition coefficient (Wildman–Crippen LogP) is 3.45. The van der Waals surface area contributed by atoms with E-state index in [1.165, 1.54) is 17.8 Å². The fourth-order valence-electron chi connectivity index (χ4n) is 2.05. The number of carbonyl (C=O) groups is 1. The van der Waals surface area contributed by atoms with Gasteiger partial charge in [-0.1, -0.05) is 48.2 Å². The van der Waals surface area contributed by atoms with E-state index in [1.54, 1.807) is 24.3 Å². The summed E-state index contributed by atoms with van der Waals surface area (Å²) in [5.74, 6) is 0.206. The number of non-ortho nitro benzene ring substituents is 1. The smallest absolute Gasteiger partial charge is 0.297 e. The van der Waals surface area contributed by atoms with E-state index in [2.05, 4.69) is 9.97 Å². The summed E-state index contributed by atoms with van der Waals surface area (Å²) in [5.41, 5.74) is 1.48. The van der Waals surface area contributed by atoms with Crippen LogP contribution in [0.5, 0.6) is 0 Å². The number of hydrogen-bond donors (Lipinski definition) is 1. The van der Waals surface area contributed by atoms with Gasteiger partial charge >= 0.3 is 0 Å². The highest BCUT2D eigenvalue weighted by Crippen LogP contribution is 2.26. The van der Waals surface area contributed by atoms with E-state index in [4.69, 9.17) is 0 Å². The number of Topliss-reactive ketones (excluding diaryl/α,β-unsaturated/α-hetero) is 1. The number of nitrogens with zero attached hydrogens (tertiary/aromatic N) is 2. The quantitative estimate of drug-likeness (QED) is 0.337. The Balaban J connectivity index is 1.79. The Labute approximate surface area is 129 Å². The molecule has 22 heavy (non-hydrogen) atoms. The van der Waals surface area contributed by atoms with Crippen LogP contribution in [0.25, 0.3) is 11.0 Å². The van der Waals surface area contributed by atoms with Crippen LogP contribution in [-0.2, 0) is 0 Å². The monoisotopic (exact) mass is 313 g/mol. The lowest BCUT2D eigenvalue weighted by atomic mass is 10.2. The average molecular weight is 313 g/mol. The van der Waals surface area contributed by atoms with E-state index < -0.39 is 4.92 Å². The van der Waals surface area contributed by atoms with Crippen LogP contribution in [0.15, 0.2) is 53.7 Å². The van der Waals surface area contributed by atoms with E-state index in [0.717, 1.165) is 0 Å². The van der Waals surface area contributed by atoms with Crippen LogP contribution in [0, 0.1) is 10.1 Å². The van der Waals surface area contributed by atoms with Gasteiger partial charge in [-0.3, -0.25) is 14.9 Å². The SMILES string of the molecule is O=C(CSc1nc2c([N+](=O)[O-])cccc2[nH]1)c1ccccc1. The molecular formula is C15H11N3O3S. The number of nitrogens with one attached hydrogen (secondary N) is 1. The Bertz CT molecular complexity index is 846. The van der Waals surface area contributed by atoms with Crippen molar-refractivity contribution in [1.82, 2.24) is 9.97 Å². The second-order valence-electron chi connectivity index (χ2n) is 4.55. The van der Waals surface area contributed by atoms with Gasteiger partial charge in [-0.25, -0.2) is 4.98 Å². The molecule has 0 saturated heterocycles. The van der Waals surface area contributed by atoms with Crippen LogP contribution in [0.4, 0.5) is 5.69 Å². The highest BCUT2D eigenvalue weighted by atomic mass is 32.2. The highest BCUT2D eigenvalue weighted by Gasteiger charge is 2.16. The van der Waals surface area contributed by atoms with Crippen molar-refractivity contribution in [2.45, 2.75) is 5.16 Å². The standard InChI is InChI=1S/C15H11N3O3S/c19-13(10-5-2-1-3-6-10)9-22-15-16-11-7-4-8-12(18(20)21)14(11)17-15/h1-8H,9H2,(H,16,17). The first-order valence-corrected chi connectivity index (χ1v) is 7.48. The molecule has 0 spiro atoms. The lowest BCUT2D eigenvalue weighted by molar-refractivity contribution is -0.383. The summed E-state index contributed by atoms with van der Waals surface area (Å²) in [5, 5.41) is 11.5. The van der Waals surface area contributed by atoms with Gasteiger partial charge in [0.2, 0.25) is 0 Å². The van der Waals surface area contributed by atoms with E-state index in [-0.39, 0.29) is 17.2 Å². The Morgan fingerprint density at radius 3 is 2.68 bits per heavy atom. The minimum Gasteiger partial charge on any atom is -0.333 e. The Hall–Kier alpha value is -2.67. The molecule has 1 heterocycles. The number of benzene rings is 2. The number of aromatic amines is 1. The van der Waals surface area contributed by atoms with Crippen molar-refractivity contribution in [3.05, 3.63) is 64.2 Å². The van der Waals surface area contributed by atoms with Crippen molar-refractivity contribution in [1.29, 1.82) is 0 Å². The molecule has 0 radical (unpaired) electrons. The van der Waals surface area contributed by atoms with Crippen molar-refractivity contribution in [3.8, 4) is 0 Å². The number of ketones is 1. The number of nitro groups is 1. The molecule has 7 heteroatoms. The van der Waals surface area contributed by atoms with Crippen LogP contribution in [0.1, 0.15) is 10.4 Å². The molecule has 0 saturated carbocycles. The fourth-order valence-corrected chi connectivity index (χ4v) is 2.82. The van der Waals surface area contributed by atoms with Crippen molar-refractivity contribution < 1.29 is 9.72 Å². The zero-order valence-corrected chi connectivity index (χ0v) is 12.2. The molecule has 1 aromatic heterocycles. The minimum atomic E-state index is -0.466. The van der Waals surface area contributed by atoms with Gasteiger partial charge in [0, 0.05) is 11.6 Å². The van der Waals surface area contributed by atoms with Gasteiger partial charge in [-0.05, 0) is 6.07 Å². The number of carbonyl (C=O) groups excluding carboxylic acids is 1. The number of aromatic nitrogens is 2. The lowest BCUT2D eigenvalue weighted by Crippen LogP contribution is -2.01. The molecule has 0 unspecified atom stereocenters. The van der Waals surface area contributed by atoms with Crippen LogP contribution in [0.2, 0.25) is 0 Å². The zero-order valence-electron chi connectivity index (χ0n) is 11.4. The van der Waals surface area contributed by atoms with Gasteiger partial charge in [0.05, 0.1) is 16.2 Å². The summed E-state index contributed by atoms with van der Waals surface area (Å²) in [6.45, 7) is 0. The predicted molar refractivity (Wildman–Crippen MR) is 84.2 cm³/mol. The molecule has 3 aromatic rings. The van der Waals surface area contributed by atoms with Crippen LogP contribution >= 0.6 is 11.8 Å². The summed E-state index contributed by atoms with van der Waals surface area (Å²) >= 11 is 1.23. The van der Waals surface area contributed by atoms with E-state index in [1.807, 2.05) is 18.2 Å². The number of fused-ring (bicyclic) bond motifs is 1. The van der Waals surface area contributed by atoms with Crippen molar-refractivity contribution in [2.75, 3.05) is 5.75 Å². The number of rotatable bonds is 5. The number of H-pyrrole nitrogens is 1. The maximum absolute atomic E-state index is 12.0. The van der Waals surface area contributed by atoms with Gasteiger partial charge < -0.3 is 4.98 Å². The van der Waals surface area contributed by atoms with Crippen LogP contribution in [0.3, 0.4) is 0 Å². The molecule has 3 rings (SSSR count). The molecule has 0 aliphatic heterocycles. The normalized spacial score (nSPS) is 10.7. The zero-order chi connectivity index (χ0) is 15.5. The van der Waals surface area contributed by atoms with Gasteiger partial charge in [0.15, 0.2) is 16.5 Å². The van der Waals surface area contributed by atoms with Crippen molar-refractivity contribution in [3.63, 3.8) is 0 Å². The largest absolute Gasteiger partial charge is 0.333 e. The minimum absolute atomic E-state index is 0.0134. The lowest BCUT2D eigenvalue weighted by Gasteiger charge is -1.98. The van der Waals surface area contributed by atoms with Gasteiger partial charge in [-0.2, -0.15) is 0 Å². The molecule has 0 bridgehead atoms. The number of thioether (sulfide) groups is 1.